The molecule has 1 saturated carbocycles. The predicted octanol–water partition coefficient (Wildman–Crippen LogP) is 0.785. The molecule has 0 spiro atoms. The molecule has 0 heterocycles. The van der Waals surface area contributed by atoms with Crippen molar-refractivity contribution in [1.29, 1.82) is 0 Å². The van der Waals surface area contributed by atoms with Gasteiger partial charge in [-0.3, -0.25) is 0 Å². The molecule has 1 unspecified atom stereocenters. The number of sulfonamides is 1. The summed E-state index contributed by atoms with van der Waals surface area (Å²) < 4.78 is 25.6. The summed E-state index contributed by atoms with van der Waals surface area (Å²) in [5, 5.41) is -0.146. The van der Waals surface area contributed by atoms with Crippen molar-refractivity contribution in [2.75, 3.05) is 20.1 Å². The van der Waals surface area contributed by atoms with E-state index in [1.54, 1.807) is 7.05 Å². The van der Waals surface area contributed by atoms with E-state index >= 15 is 0 Å². The fourth-order valence-corrected chi connectivity index (χ4v) is 3.96. The number of nitrogens with two attached hydrogens (primary N) is 1. The third-order valence-electron chi connectivity index (χ3n) is 3.13. The van der Waals surface area contributed by atoms with Gasteiger partial charge in [-0.05, 0) is 25.3 Å². The van der Waals surface area contributed by atoms with Crippen LogP contribution in [0.1, 0.15) is 32.6 Å². The molecule has 5 heteroatoms. The topological polar surface area (TPSA) is 63.4 Å². The molecule has 2 N–H and O–H groups in total. The number of nitrogens with zero attached hydrogens (tertiary/aromatic N) is 1. The summed E-state index contributed by atoms with van der Waals surface area (Å²) in [7, 11) is -1.40. The van der Waals surface area contributed by atoms with Crippen LogP contribution in [0, 0.1) is 5.92 Å². The van der Waals surface area contributed by atoms with Gasteiger partial charge >= 0.3 is 0 Å². The molecule has 0 aromatic carbocycles. The molecule has 1 atom stereocenters. The van der Waals surface area contributed by atoms with E-state index in [0.717, 1.165) is 25.7 Å². The minimum absolute atomic E-state index is 0.146. The Bertz CT molecular complexity index is 284. The molecule has 90 valence electrons. The van der Waals surface area contributed by atoms with E-state index in [0.29, 0.717) is 13.1 Å². The lowest BCUT2D eigenvalue weighted by atomic mass is 10.2. The summed E-state index contributed by atoms with van der Waals surface area (Å²) in [4.78, 5) is 0. The van der Waals surface area contributed by atoms with Crippen molar-refractivity contribution in [3.8, 4) is 0 Å². The zero-order valence-electron chi connectivity index (χ0n) is 9.65. The van der Waals surface area contributed by atoms with Crippen LogP contribution >= 0.6 is 0 Å². The Labute approximate surface area is 92.9 Å². The third-order valence-corrected chi connectivity index (χ3v) is 5.46. The van der Waals surface area contributed by atoms with Crippen LogP contribution in [0.5, 0.6) is 0 Å². The van der Waals surface area contributed by atoms with E-state index in [1.165, 1.54) is 4.31 Å². The summed E-state index contributed by atoms with van der Waals surface area (Å²) in [5.74, 6) is 0.228. The maximum atomic E-state index is 12.1. The van der Waals surface area contributed by atoms with Crippen LogP contribution in [0.4, 0.5) is 0 Å². The zero-order valence-corrected chi connectivity index (χ0v) is 10.5. The summed E-state index contributed by atoms with van der Waals surface area (Å²) >= 11 is 0. The molecule has 0 saturated heterocycles. The number of hydrogen-bond donors (Lipinski definition) is 1. The average molecular weight is 234 g/mol. The number of hydrogen-bond acceptors (Lipinski definition) is 3. The second-order valence-corrected chi connectivity index (χ2v) is 6.89. The summed E-state index contributed by atoms with van der Waals surface area (Å²) in [6.07, 6.45) is 3.74. The smallest absolute Gasteiger partial charge is 0.216 e. The van der Waals surface area contributed by atoms with E-state index in [-0.39, 0.29) is 11.2 Å². The Morgan fingerprint density at radius 3 is 2.40 bits per heavy atom. The van der Waals surface area contributed by atoms with Crippen molar-refractivity contribution >= 4 is 10.0 Å². The van der Waals surface area contributed by atoms with E-state index < -0.39 is 10.0 Å². The maximum Gasteiger partial charge on any atom is 0.216 e. The summed E-state index contributed by atoms with van der Waals surface area (Å²) in [5.41, 5.74) is 5.50. The van der Waals surface area contributed by atoms with Crippen LogP contribution in [-0.4, -0.2) is 38.1 Å². The molecule has 0 aromatic rings. The van der Waals surface area contributed by atoms with Crippen LogP contribution in [0.25, 0.3) is 0 Å². The molecule has 1 aliphatic carbocycles. The fourth-order valence-electron chi connectivity index (χ4n) is 2.06. The van der Waals surface area contributed by atoms with Gasteiger partial charge in [-0.15, -0.1) is 0 Å². The van der Waals surface area contributed by atoms with Gasteiger partial charge in [0.25, 0.3) is 0 Å². The van der Waals surface area contributed by atoms with Gasteiger partial charge in [-0.2, -0.15) is 0 Å². The highest BCUT2D eigenvalue weighted by Gasteiger charge is 2.32. The summed E-state index contributed by atoms with van der Waals surface area (Å²) in [6, 6.07) is 0. The molecule has 0 aliphatic heterocycles. The van der Waals surface area contributed by atoms with Crippen LogP contribution in [0.3, 0.4) is 0 Å². The third kappa shape index (κ3) is 3.16. The van der Waals surface area contributed by atoms with Crippen LogP contribution < -0.4 is 5.73 Å². The molecule has 1 fully saturated rings. The molecule has 0 radical (unpaired) electrons. The Hall–Kier alpha value is -0.130. The Morgan fingerprint density at radius 2 is 1.93 bits per heavy atom. The first kappa shape index (κ1) is 12.9. The van der Waals surface area contributed by atoms with Crippen molar-refractivity contribution < 1.29 is 8.42 Å². The lowest BCUT2D eigenvalue weighted by Crippen LogP contribution is -2.38. The van der Waals surface area contributed by atoms with E-state index in [9.17, 15) is 8.42 Å². The minimum atomic E-state index is -3.07. The average Bonchev–Trinajstić information content (AvgIpc) is 2.70. The van der Waals surface area contributed by atoms with Gasteiger partial charge in [-0.1, -0.05) is 19.8 Å². The summed E-state index contributed by atoms with van der Waals surface area (Å²) in [6.45, 7) is 3.04. The first-order valence-electron chi connectivity index (χ1n) is 5.63. The number of rotatable bonds is 5. The van der Waals surface area contributed by atoms with Gasteiger partial charge in [0.2, 0.25) is 10.0 Å². The molecule has 0 aromatic heterocycles. The molecular weight excluding hydrogens is 212 g/mol. The molecule has 1 aliphatic rings. The molecule has 1 rings (SSSR count). The Kier molecular flexibility index (Phi) is 4.55. The quantitative estimate of drug-likeness (QED) is 0.765. The molecular formula is C10H22N2O2S. The standard InChI is InChI=1S/C10H22N2O2S/c1-9(7-11)8-12(2)15(13,14)10-5-3-4-6-10/h9-10H,3-8,11H2,1-2H3. The second kappa shape index (κ2) is 5.27. The SMILES string of the molecule is CC(CN)CN(C)S(=O)(=O)C1CCCC1. The maximum absolute atomic E-state index is 12.1. The first-order chi connectivity index (χ1) is 6.98. The lowest BCUT2D eigenvalue weighted by molar-refractivity contribution is 0.399. The lowest BCUT2D eigenvalue weighted by Gasteiger charge is -2.23. The van der Waals surface area contributed by atoms with Crippen molar-refractivity contribution in [2.24, 2.45) is 11.7 Å². The van der Waals surface area contributed by atoms with Gasteiger partial charge in [0.1, 0.15) is 0 Å². The fraction of sp³-hybridized carbons (Fsp3) is 1.00. The van der Waals surface area contributed by atoms with Gasteiger partial charge < -0.3 is 5.73 Å². The molecule has 0 amide bonds. The van der Waals surface area contributed by atoms with E-state index in [2.05, 4.69) is 0 Å². The highest BCUT2D eigenvalue weighted by atomic mass is 32.2. The molecule has 0 bridgehead atoms. The van der Waals surface area contributed by atoms with Crippen LogP contribution in [0.2, 0.25) is 0 Å². The highest BCUT2D eigenvalue weighted by molar-refractivity contribution is 7.89. The van der Waals surface area contributed by atoms with Crippen molar-refractivity contribution in [3.05, 3.63) is 0 Å². The van der Waals surface area contributed by atoms with Gasteiger partial charge in [0.15, 0.2) is 0 Å². The van der Waals surface area contributed by atoms with Gasteiger partial charge in [0.05, 0.1) is 5.25 Å². The van der Waals surface area contributed by atoms with Crippen molar-refractivity contribution in [3.63, 3.8) is 0 Å². The van der Waals surface area contributed by atoms with E-state index in [1.807, 2.05) is 6.92 Å². The molecule has 15 heavy (non-hydrogen) atoms. The predicted molar refractivity (Wildman–Crippen MR) is 62.0 cm³/mol. The van der Waals surface area contributed by atoms with Crippen LogP contribution in [0.15, 0.2) is 0 Å². The largest absolute Gasteiger partial charge is 0.330 e. The molecule has 4 nitrogen and oxygen atoms in total. The van der Waals surface area contributed by atoms with Crippen LogP contribution in [-0.2, 0) is 10.0 Å². The first-order valence-corrected chi connectivity index (χ1v) is 7.14. The Balaban J connectivity index is 2.60. The van der Waals surface area contributed by atoms with Gasteiger partial charge in [0, 0.05) is 13.6 Å². The minimum Gasteiger partial charge on any atom is -0.330 e. The van der Waals surface area contributed by atoms with Crippen molar-refractivity contribution in [2.45, 2.75) is 37.9 Å². The Morgan fingerprint density at radius 1 is 1.40 bits per heavy atom. The zero-order chi connectivity index (χ0) is 11.5. The normalized spacial score (nSPS) is 21.1. The second-order valence-electron chi connectivity index (χ2n) is 4.57. The van der Waals surface area contributed by atoms with E-state index in [4.69, 9.17) is 5.73 Å². The van der Waals surface area contributed by atoms with Crippen molar-refractivity contribution in [1.82, 2.24) is 4.31 Å². The monoisotopic (exact) mass is 234 g/mol. The van der Waals surface area contributed by atoms with Gasteiger partial charge in [-0.25, -0.2) is 12.7 Å². The highest BCUT2D eigenvalue weighted by Crippen LogP contribution is 2.26.